The molecule has 1 unspecified atom stereocenters. The second kappa shape index (κ2) is 7.25. The Morgan fingerprint density at radius 3 is 2.81 bits per heavy atom. The van der Waals surface area contributed by atoms with E-state index in [0.29, 0.717) is 11.5 Å². The molecule has 1 saturated heterocycles. The van der Waals surface area contributed by atoms with Crippen LogP contribution in [0.4, 0.5) is 0 Å². The molecule has 0 amide bonds. The highest BCUT2D eigenvalue weighted by atomic mass is 16.5. The van der Waals surface area contributed by atoms with Gasteiger partial charge in [0.25, 0.3) is 0 Å². The molecule has 1 N–H and O–H groups in total. The summed E-state index contributed by atoms with van der Waals surface area (Å²) >= 11 is 0. The lowest BCUT2D eigenvalue weighted by Gasteiger charge is -2.18. The fourth-order valence-electron chi connectivity index (χ4n) is 1.75. The number of rotatable bonds is 7. The molecule has 0 saturated carbocycles. The van der Waals surface area contributed by atoms with Gasteiger partial charge in [-0.3, -0.25) is 0 Å². The van der Waals surface area contributed by atoms with Crippen molar-refractivity contribution >= 4 is 0 Å². The average Bonchev–Trinajstić information content (AvgIpc) is 2.67. The molecule has 0 bridgehead atoms. The molecule has 0 aromatic carbocycles. The van der Waals surface area contributed by atoms with Crippen molar-refractivity contribution in [1.82, 2.24) is 5.32 Å². The van der Waals surface area contributed by atoms with Crippen LogP contribution >= 0.6 is 0 Å². The molecule has 3 nitrogen and oxygen atoms in total. The minimum atomic E-state index is 0.363. The molecule has 3 heteroatoms. The van der Waals surface area contributed by atoms with Crippen LogP contribution in [0.25, 0.3) is 0 Å². The average molecular weight is 229 g/mol. The zero-order chi connectivity index (χ0) is 11.9. The van der Waals surface area contributed by atoms with Crippen LogP contribution in [-0.4, -0.2) is 39.0 Å². The van der Waals surface area contributed by atoms with E-state index < -0.39 is 0 Å². The lowest BCUT2D eigenvalue weighted by atomic mass is 9.97. The van der Waals surface area contributed by atoms with Crippen molar-refractivity contribution < 1.29 is 9.47 Å². The fraction of sp³-hybridized carbons (Fsp3) is 1.00. The quantitative estimate of drug-likeness (QED) is 0.679. The lowest BCUT2D eigenvalue weighted by Crippen LogP contribution is -2.28. The van der Waals surface area contributed by atoms with Crippen molar-refractivity contribution in [2.75, 3.05) is 32.9 Å². The summed E-state index contributed by atoms with van der Waals surface area (Å²) in [6, 6.07) is 0. The molecule has 0 aromatic heterocycles. The maximum atomic E-state index is 5.58. The third kappa shape index (κ3) is 7.20. The third-order valence-electron chi connectivity index (χ3n) is 2.63. The molecule has 1 fully saturated rings. The first kappa shape index (κ1) is 13.9. The topological polar surface area (TPSA) is 30.5 Å². The molecular formula is C13H27NO2. The first-order valence-corrected chi connectivity index (χ1v) is 6.48. The van der Waals surface area contributed by atoms with Crippen LogP contribution in [0.2, 0.25) is 0 Å². The summed E-state index contributed by atoms with van der Waals surface area (Å²) in [4.78, 5) is 0. The maximum absolute atomic E-state index is 5.58. The fourth-order valence-corrected chi connectivity index (χ4v) is 1.75. The Morgan fingerprint density at radius 1 is 1.38 bits per heavy atom. The van der Waals surface area contributed by atoms with Crippen molar-refractivity contribution in [2.24, 2.45) is 5.41 Å². The van der Waals surface area contributed by atoms with Crippen LogP contribution in [0.3, 0.4) is 0 Å². The summed E-state index contributed by atoms with van der Waals surface area (Å²) in [6.07, 6.45) is 3.81. The largest absolute Gasteiger partial charge is 0.379 e. The standard InChI is InChI=1S/C13H27NO2/c1-13(2,3)11-14-7-5-8-15-10-12-6-4-9-16-12/h12,14H,4-11H2,1-3H3. The van der Waals surface area contributed by atoms with E-state index in [1.165, 1.54) is 12.8 Å². The highest BCUT2D eigenvalue weighted by Gasteiger charge is 2.14. The first-order chi connectivity index (χ1) is 7.58. The summed E-state index contributed by atoms with van der Waals surface area (Å²) in [5.41, 5.74) is 0.374. The van der Waals surface area contributed by atoms with Gasteiger partial charge in [0, 0.05) is 13.2 Å². The van der Waals surface area contributed by atoms with E-state index in [9.17, 15) is 0 Å². The minimum Gasteiger partial charge on any atom is -0.379 e. The van der Waals surface area contributed by atoms with Gasteiger partial charge in [-0.2, -0.15) is 0 Å². The molecule has 16 heavy (non-hydrogen) atoms. The van der Waals surface area contributed by atoms with Crippen molar-refractivity contribution in [1.29, 1.82) is 0 Å². The highest BCUT2D eigenvalue weighted by Crippen LogP contribution is 2.12. The molecule has 0 radical (unpaired) electrons. The Kier molecular flexibility index (Phi) is 6.32. The van der Waals surface area contributed by atoms with Crippen LogP contribution in [0.1, 0.15) is 40.0 Å². The monoisotopic (exact) mass is 229 g/mol. The number of hydrogen-bond donors (Lipinski definition) is 1. The van der Waals surface area contributed by atoms with Crippen molar-refractivity contribution in [2.45, 2.75) is 46.1 Å². The Bertz CT molecular complexity index is 171. The zero-order valence-corrected chi connectivity index (χ0v) is 11.1. The molecule has 1 aliphatic heterocycles. The third-order valence-corrected chi connectivity index (χ3v) is 2.63. The van der Waals surface area contributed by atoms with E-state index in [0.717, 1.165) is 39.3 Å². The van der Waals surface area contributed by atoms with E-state index in [2.05, 4.69) is 26.1 Å². The Morgan fingerprint density at radius 2 is 2.19 bits per heavy atom. The zero-order valence-electron chi connectivity index (χ0n) is 11.1. The van der Waals surface area contributed by atoms with Gasteiger partial charge in [0.2, 0.25) is 0 Å². The van der Waals surface area contributed by atoms with Crippen LogP contribution in [-0.2, 0) is 9.47 Å². The first-order valence-electron chi connectivity index (χ1n) is 6.48. The normalized spacial score (nSPS) is 21.6. The van der Waals surface area contributed by atoms with Gasteiger partial charge in [-0.15, -0.1) is 0 Å². The summed E-state index contributed by atoms with van der Waals surface area (Å²) in [7, 11) is 0. The number of ether oxygens (including phenoxy) is 2. The molecule has 96 valence electrons. The maximum Gasteiger partial charge on any atom is 0.0809 e. The van der Waals surface area contributed by atoms with E-state index in [-0.39, 0.29) is 0 Å². The second-order valence-electron chi connectivity index (χ2n) is 5.80. The molecule has 1 atom stereocenters. The summed E-state index contributed by atoms with van der Waals surface area (Å²) in [5, 5.41) is 3.44. The molecular weight excluding hydrogens is 202 g/mol. The van der Waals surface area contributed by atoms with E-state index in [1.807, 2.05) is 0 Å². The van der Waals surface area contributed by atoms with Crippen LogP contribution < -0.4 is 5.32 Å². The Hall–Kier alpha value is -0.120. The van der Waals surface area contributed by atoms with Crippen LogP contribution in [0.15, 0.2) is 0 Å². The lowest BCUT2D eigenvalue weighted by molar-refractivity contribution is 0.0166. The van der Waals surface area contributed by atoms with Gasteiger partial charge in [0.05, 0.1) is 12.7 Å². The Balaban J connectivity index is 1.81. The van der Waals surface area contributed by atoms with Crippen molar-refractivity contribution in [3.05, 3.63) is 0 Å². The minimum absolute atomic E-state index is 0.363. The van der Waals surface area contributed by atoms with Gasteiger partial charge in [-0.25, -0.2) is 0 Å². The van der Waals surface area contributed by atoms with E-state index >= 15 is 0 Å². The molecule has 0 aliphatic carbocycles. The van der Waals surface area contributed by atoms with Gasteiger partial charge in [0.1, 0.15) is 0 Å². The van der Waals surface area contributed by atoms with Gasteiger partial charge >= 0.3 is 0 Å². The Labute approximate surface area is 99.9 Å². The molecule has 1 rings (SSSR count). The molecule has 1 heterocycles. The van der Waals surface area contributed by atoms with E-state index in [1.54, 1.807) is 0 Å². The predicted octanol–water partition coefficient (Wildman–Crippen LogP) is 2.21. The molecule has 0 spiro atoms. The van der Waals surface area contributed by atoms with E-state index in [4.69, 9.17) is 9.47 Å². The summed E-state index contributed by atoms with van der Waals surface area (Å²) in [6.45, 7) is 11.4. The SMILES string of the molecule is CC(C)(C)CNCCCOCC1CCCO1. The molecule has 0 aromatic rings. The van der Waals surface area contributed by atoms with Gasteiger partial charge in [-0.1, -0.05) is 20.8 Å². The van der Waals surface area contributed by atoms with Gasteiger partial charge in [0.15, 0.2) is 0 Å². The van der Waals surface area contributed by atoms with Crippen molar-refractivity contribution in [3.8, 4) is 0 Å². The van der Waals surface area contributed by atoms with Crippen LogP contribution in [0.5, 0.6) is 0 Å². The highest BCUT2D eigenvalue weighted by molar-refractivity contribution is 4.65. The summed E-state index contributed by atoms with van der Waals surface area (Å²) < 4.78 is 11.1. The summed E-state index contributed by atoms with van der Waals surface area (Å²) in [5.74, 6) is 0. The van der Waals surface area contributed by atoms with Crippen LogP contribution in [0, 0.1) is 5.41 Å². The smallest absolute Gasteiger partial charge is 0.0809 e. The number of hydrogen-bond acceptors (Lipinski definition) is 3. The second-order valence-corrected chi connectivity index (χ2v) is 5.80. The number of nitrogens with one attached hydrogen (secondary N) is 1. The molecule has 1 aliphatic rings. The predicted molar refractivity (Wildman–Crippen MR) is 66.7 cm³/mol. The van der Waals surface area contributed by atoms with Gasteiger partial charge in [-0.05, 0) is 37.8 Å². The van der Waals surface area contributed by atoms with Gasteiger partial charge < -0.3 is 14.8 Å². The van der Waals surface area contributed by atoms with Crippen molar-refractivity contribution in [3.63, 3.8) is 0 Å².